The molecule has 7 nitrogen and oxygen atoms in total. The minimum atomic E-state index is -1.23. The van der Waals surface area contributed by atoms with Gasteiger partial charge in [0.1, 0.15) is 0 Å². The number of hydrogen-bond donors (Lipinski definition) is 3. The fourth-order valence-electron chi connectivity index (χ4n) is 3.26. The topological polar surface area (TPSA) is 109 Å². The molecule has 0 aliphatic heterocycles. The van der Waals surface area contributed by atoms with Crippen LogP contribution in [0.1, 0.15) is 28.0 Å². The summed E-state index contributed by atoms with van der Waals surface area (Å²) in [5.74, 6) is -6.51. The first-order valence-corrected chi connectivity index (χ1v) is 9.10. The summed E-state index contributed by atoms with van der Waals surface area (Å²) < 4.78 is 41.9. The van der Waals surface area contributed by atoms with E-state index in [2.05, 4.69) is 5.32 Å². The summed E-state index contributed by atoms with van der Waals surface area (Å²) in [7, 11) is 0. The number of phenols is 1. The number of hydrogen-bond acceptors (Lipinski definition) is 4. The molecule has 0 spiro atoms. The lowest BCUT2D eigenvalue weighted by Gasteiger charge is -2.08. The zero-order valence-corrected chi connectivity index (χ0v) is 16.2. The summed E-state index contributed by atoms with van der Waals surface area (Å²) in [4.78, 5) is 35.8. The number of phenolic OH excluding ortho intramolecular Hbond substituents is 1. The lowest BCUT2D eigenvalue weighted by molar-refractivity contribution is -0.136. The highest BCUT2D eigenvalue weighted by molar-refractivity contribution is 6.05. The van der Waals surface area contributed by atoms with Crippen molar-refractivity contribution in [1.29, 1.82) is 0 Å². The number of halogens is 3. The number of aromatic hydroxyl groups is 1. The van der Waals surface area contributed by atoms with Crippen molar-refractivity contribution < 1.29 is 37.8 Å². The highest BCUT2D eigenvalue weighted by Gasteiger charge is 2.23. The van der Waals surface area contributed by atoms with Gasteiger partial charge < -0.3 is 15.5 Å². The zero-order chi connectivity index (χ0) is 22.9. The zero-order valence-electron chi connectivity index (χ0n) is 16.2. The Morgan fingerprint density at radius 3 is 2.39 bits per heavy atom. The Hall–Kier alpha value is -3.82. The van der Waals surface area contributed by atoms with E-state index in [1.165, 1.54) is 6.92 Å². The minimum Gasteiger partial charge on any atom is -0.505 e. The molecular weight excluding hydrogens is 417 g/mol. The van der Waals surface area contributed by atoms with Gasteiger partial charge >= 0.3 is 5.97 Å². The molecule has 162 valence electrons. The second-order valence-electron chi connectivity index (χ2n) is 6.82. The van der Waals surface area contributed by atoms with Crippen LogP contribution < -0.4 is 5.32 Å². The van der Waals surface area contributed by atoms with E-state index in [4.69, 9.17) is 5.11 Å². The van der Waals surface area contributed by atoms with Gasteiger partial charge in [0.25, 0.3) is 5.91 Å². The Kier molecular flexibility index (Phi) is 6.00. The number of benzene rings is 2. The van der Waals surface area contributed by atoms with E-state index in [0.29, 0.717) is 6.07 Å². The van der Waals surface area contributed by atoms with Crippen LogP contribution in [0.5, 0.6) is 5.75 Å². The van der Waals surface area contributed by atoms with Gasteiger partial charge in [-0.1, -0.05) is 0 Å². The van der Waals surface area contributed by atoms with Crippen LogP contribution in [0.2, 0.25) is 0 Å². The summed E-state index contributed by atoms with van der Waals surface area (Å²) in [6.07, 6.45) is -0.571. The van der Waals surface area contributed by atoms with E-state index in [-0.39, 0.29) is 47.1 Å². The van der Waals surface area contributed by atoms with E-state index in [1.807, 2.05) is 0 Å². The number of aliphatic carboxylic acids is 1. The normalized spacial score (nSPS) is 11.0. The molecule has 0 bridgehead atoms. The Balaban J connectivity index is 2.07. The van der Waals surface area contributed by atoms with Gasteiger partial charge in [-0.2, -0.15) is 0 Å². The van der Waals surface area contributed by atoms with Crippen LogP contribution in [0.4, 0.5) is 13.2 Å². The molecular formula is C21H17F3N2O5. The molecule has 0 aliphatic carbocycles. The van der Waals surface area contributed by atoms with Crippen LogP contribution in [-0.2, 0) is 16.0 Å². The standard InChI is InChI=1S/C21H17F3N2O5/c1-10-12(8-19(28)25-5-4-20(29)30)13-7-18(27)16(24)9-17(13)26(10)21(31)11-2-3-14(22)15(23)6-11/h2-3,6-7,9,27H,4-5,8H2,1H3,(H,25,28)(H,29,30). The first kappa shape index (κ1) is 21.9. The van der Waals surface area contributed by atoms with Crippen molar-refractivity contribution in [3.8, 4) is 5.75 Å². The van der Waals surface area contributed by atoms with Gasteiger partial charge in [0.05, 0.1) is 18.4 Å². The molecule has 2 aromatic carbocycles. The maximum absolute atomic E-state index is 14.0. The van der Waals surface area contributed by atoms with E-state index in [0.717, 1.165) is 28.8 Å². The van der Waals surface area contributed by atoms with Crippen molar-refractivity contribution in [3.63, 3.8) is 0 Å². The molecule has 0 unspecified atom stereocenters. The van der Waals surface area contributed by atoms with Gasteiger partial charge in [0.2, 0.25) is 5.91 Å². The smallest absolute Gasteiger partial charge is 0.305 e. The molecule has 10 heteroatoms. The number of fused-ring (bicyclic) bond motifs is 1. The average Bonchev–Trinajstić information content (AvgIpc) is 2.94. The van der Waals surface area contributed by atoms with Crippen LogP contribution in [0.3, 0.4) is 0 Å². The highest BCUT2D eigenvalue weighted by Crippen LogP contribution is 2.32. The quantitative estimate of drug-likeness (QED) is 0.553. The molecule has 0 saturated heterocycles. The largest absolute Gasteiger partial charge is 0.505 e. The van der Waals surface area contributed by atoms with Crippen LogP contribution in [-0.4, -0.2) is 39.1 Å². The molecule has 3 N–H and O–H groups in total. The van der Waals surface area contributed by atoms with Gasteiger partial charge in [0.15, 0.2) is 23.2 Å². The lowest BCUT2D eigenvalue weighted by Crippen LogP contribution is -2.27. The summed E-state index contributed by atoms with van der Waals surface area (Å²) in [6.45, 7) is 1.37. The van der Waals surface area contributed by atoms with Crippen molar-refractivity contribution in [2.75, 3.05) is 6.54 Å². The van der Waals surface area contributed by atoms with Gasteiger partial charge in [-0.25, -0.2) is 13.2 Å². The number of nitrogens with one attached hydrogen (secondary N) is 1. The molecule has 0 atom stereocenters. The van der Waals surface area contributed by atoms with E-state index in [1.54, 1.807) is 0 Å². The van der Waals surface area contributed by atoms with Crippen molar-refractivity contribution >= 4 is 28.7 Å². The highest BCUT2D eigenvalue weighted by atomic mass is 19.2. The van der Waals surface area contributed by atoms with Crippen LogP contribution in [0.25, 0.3) is 10.9 Å². The predicted octanol–water partition coefficient (Wildman–Crippen LogP) is 2.89. The van der Waals surface area contributed by atoms with Crippen molar-refractivity contribution in [3.05, 3.63) is 64.6 Å². The first-order valence-electron chi connectivity index (χ1n) is 9.10. The monoisotopic (exact) mass is 434 g/mol. The number of aromatic nitrogens is 1. The molecule has 31 heavy (non-hydrogen) atoms. The first-order chi connectivity index (χ1) is 14.6. The van der Waals surface area contributed by atoms with E-state index < -0.39 is 41.0 Å². The second kappa shape index (κ2) is 8.50. The summed E-state index contributed by atoms with van der Waals surface area (Å²) >= 11 is 0. The van der Waals surface area contributed by atoms with E-state index in [9.17, 15) is 32.7 Å². The van der Waals surface area contributed by atoms with Gasteiger partial charge in [-0.15, -0.1) is 0 Å². The third-order valence-electron chi connectivity index (χ3n) is 4.77. The molecule has 1 aromatic heterocycles. The van der Waals surface area contributed by atoms with Gasteiger partial charge in [-0.05, 0) is 36.8 Å². The van der Waals surface area contributed by atoms with Crippen LogP contribution in [0.15, 0.2) is 30.3 Å². The Bertz CT molecular complexity index is 1220. The maximum atomic E-state index is 14.0. The Labute approximate surface area is 173 Å². The molecule has 3 rings (SSSR count). The predicted molar refractivity (Wildman–Crippen MR) is 103 cm³/mol. The Morgan fingerprint density at radius 2 is 1.74 bits per heavy atom. The molecule has 1 amide bonds. The number of carboxylic acid groups (broad SMARTS) is 1. The van der Waals surface area contributed by atoms with Gasteiger partial charge in [-0.3, -0.25) is 19.0 Å². The molecule has 0 radical (unpaired) electrons. The summed E-state index contributed by atoms with van der Waals surface area (Å²) in [5, 5.41) is 21.1. The molecule has 0 aliphatic rings. The molecule has 0 fully saturated rings. The van der Waals surface area contributed by atoms with Gasteiger partial charge in [0, 0.05) is 29.3 Å². The lowest BCUT2D eigenvalue weighted by atomic mass is 10.1. The third-order valence-corrected chi connectivity index (χ3v) is 4.77. The number of carbonyl (C=O) groups excluding carboxylic acids is 2. The number of carboxylic acids is 1. The SMILES string of the molecule is Cc1c(CC(=O)NCCC(=O)O)c2cc(O)c(F)cc2n1C(=O)c1ccc(F)c(F)c1. The fourth-order valence-corrected chi connectivity index (χ4v) is 3.26. The van der Waals surface area contributed by atoms with Crippen LogP contribution >= 0.6 is 0 Å². The van der Waals surface area contributed by atoms with Crippen LogP contribution in [0, 0.1) is 24.4 Å². The summed E-state index contributed by atoms with van der Waals surface area (Å²) in [5.41, 5.74) is 0.331. The third kappa shape index (κ3) is 4.37. The minimum absolute atomic E-state index is 0.0240. The van der Waals surface area contributed by atoms with Crippen molar-refractivity contribution in [2.24, 2.45) is 0 Å². The summed E-state index contributed by atoms with van der Waals surface area (Å²) in [6, 6.07) is 4.53. The number of nitrogens with zero attached hydrogens (tertiary/aromatic N) is 1. The molecule has 0 saturated carbocycles. The second-order valence-corrected chi connectivity index (χ2v) is 6.82. The number of carbonyl (C=O) groups is 3. The fraction of sp³-hybridized carbons (Fsp3) is 0.190. The van der Waals surface area contributed by atoms with E-state index >= 15 is 0 Å². The Morgan fingerprint density at radius 1 is 1.03 bits per heavy atom. The van der Waals surface area contributed by atoms with Crippen molar-refractivity contribution in [2.45, 2.75) is 19.8 Å². The molecule has 1 heterocycles. The maximum Gasteiger partial charge on any atom is 0.305 e. The van der Waals surface area contributed by atoms with Crippen molar-refractivity contribution in [1.82, 2.24) is 9.88 Å². The molecule has 3 aromatic rings. The number of rotatable bonds is 6. The average molecular weight is 434 g/mol. The number of amides is 1.